The lowest BCUT2D eigenvalue weighted by Gasteiger charge is -2.31. The Bertz CT molecular complexity index is 832. The van der Waals surface area contributed by atoms with Gasteiger partial charge >= 0.3 is 0 Å². The van der Waals surface area contributed by atoms with Gasteiger partial charge in [-0.05, 0) is 69.3 Å². The lowest BCUT2D eigenvalue weighted by atomic mass is 9.92. The second kappa shape index (κ2) is 8.06. The summed E-state index contributed by atoms with van der Waals surface area (Å²) in [6.45, 7) is 8.13. The summed E-state index contributed by atoms with van der Waals surface area (Å²) in [6.07, 6.45) is 2.05. The molecule has 0 radical (unpaired) electrons. The minimum atomic E-state index is -0.968. The molecule has 1 atom stereocenters. The first-order valence-electron chi connectivity index (χ1n) is 8.97. The first-order valence-corrected chi connectivity index (χ1v) is 10.7. The summed E-state index contributed by atoms with van der Waals surface area (Å²) < 4.78 is 0. The van der Waals surface area contributed by atoms with Gasteiger partial charge in [-0.1, -0.05) is 11.8 Å². The van der Waals surface area contributed by atoms with E-state index in [0.717, 1.165) is 47.8 Å². The summed E-state index contributed by atoms with van der Waals surface area (Å²) >= 11 is 3.23. The molecule has 3 rings (SSSR count). The number of nitrogens with zero attached hydrogens (tertiary/aromatic N) is 1. The minimum Gasteiger partial charge on any atom is -0.378 e. The highest BCUT2D eigenvalue weighted by Crippen LogP contribution is 2.27. The van der Waals surface area contributed by atoms with Crippen molar-refractivity contribution in [2.45, 2.75) is 45.8 Å². The lowest BCUT2D eigenvalue weighted by Crippen LogP contribution is -2.38. The van der Waals surface area contributed by atoms with Gasteiger partial charge < -0.3 is 5.11 Å². The first kappa shape index (κ1) is 19.3. The van der Waals surface area contributed by atoms with Crippen molar-refractivity contribution in [1.29, 1.82) is 0 Å². The number of hydrogen-bond donors (Lipinski definition) is 1. The first-order chi connectivity index (χ1) is 12.3. The Balaban J connectivity index is 1.62. The molecule has 0 spiro atoms. The maximum atomic E-state index is 12.8. The van der Waals surface area contributed by atoms with Crippen molar-refractivity contribution in [1.82, 2.24) is 4.90 Å². The van der Waals surface area contributed by atoms with Gasteiger partial charge in [0.2, 0.25) is 0 Å². The van der Waals surface area contributed by atoms with Crippen LogP contribution in [0.3, 0.4) is 0 Å². The molecule has 2 aromatic rings. The van der Waals surface area contributed by atoms with Gasteiger partial charge in [0.1, 0.15) is 5.60 Å². The summed E-state index contributed by atoms with van der Waals surface area (Å²) in [6, 6.07) is 6.15. The van der Waals surface area contributed by atoms with E-state index in [-0.39, 0.29) is 5.92 Å². The van der Waals surface area contributed by atoms with Crippen LogP contribution in [0, 0.1) is 24.7 Å². The van der Waals surface area contributed by atoms with Crippen LogP contribution in [0.4, 0.5) is 0 Å². The minimum absolute atomic E-state index is 0.107. The maximum Gasteiger partial charge on any atom is 0.177 e. The Hall–Kier alpha value is -1.45. The molecule has 138 valence electrons. The predicted octanol–water partition coefficient (Wildman–Crippen LogP) is 4.34. The van der Waals surface area contributed by atoms with Crippen LogP contribution in [0.1, 0.15) is 51.7 Å². The molecule has 3 heterocycles. The van der Waals surface area contributed by atoms with Crippen LogP contribution in [0.2, 0.25) is 0 Å². The van der Waals surface area contributed by atoms with E-state index in [0.29, 0.717) is 5.78 Å². The fraction of sp³-hybridized carbons (Fsp3) is 0.476. The number of carbonyl (C=O) groups excluding carboxylic acids is 1. The standard InChI is InChI=1S/C21H25NO2S2/c1-15-9-12-25-20(15)19(23)16-5-4-11-22(13-16)14-18-7-6-17(26-18)8-10-21(2,3)24/h6-7,9,12,16,24H,4-5,11,13-14H2,1-3H3/t16-/m1/s1. The van der Waals surface area contributed by atoms with Gasteiger partial charge in [0.25, 0.3) is 0 Å². The number of piperidine rings is 1. The Morgan fingerprint density at radius 3 is 2.88 bits per heavy atom. The van der Waals surface area contributed by atoms with Gasteiger partial charge in [-0.3, -0.25) is 9.69 Å². The highest BCUT2D eigenvalue weighted by molar-refractivity contribution is 7.12. The normalized spacial score (nSPS) is 18.4. The Labute approximate surface area is 163 Å². The third kappa shape index (κ3) is 5.05. The van der Waals surface area contributed by atoms with Crippen molar-refractivity contribution < 1.29 is 9.90 Å². The summed E-state index contributed by atoms with van der Waals surface area (Å²) in [5.74, 6) is 6.32. The van der Waals surface area contributed by atoms with Crippen molar-refractivity contribution in [2.75, 3.05) is 13.1 Å². The van der Waals surface area contributed by atoms with E-state index < -0.39 is 5.60 Å². The molecule has 1 N–H and O–H groups in total. The van der Waals surface area contributed by atoms with E-state index in [1.165, 1.54) is 4.88 Å². The van der Waals surface area contributed by atoms with Crippen LogP contribution in [0.15, 0.2) is 23.6 Å². The zero-order chi connectivity index (χ0) is 18.7. The van der Waals surface area contributed by atoms with Gasteiger partial charge in [-0.25, -0.2) is 0 Å². The summed E-state index contributed by atoms with van der Waals surface area (Å²) in [4.78, 5) is 18.3. The van der Waals surface area contributed by atoms with Crippen LogP contribution >= 0.6 is 22.7 Å². The highest BCUT2D eigenvalue weighted by Gasteiger charge is 2.28. The molecule has 0 saturated carbocycles. The quantitative estimate of drug-likeness (QED) is 0.627. The zero-order valence-corrected chi connectivity index (χ0v) is 17.2. The maximum absolute atomic E-state index is 12.8. The van der Waals surface area contributed by atoms with Crippen LogP contribution in [-0.2, 0) is 6.54 Å². The van der Waals surface area contributed by atoms with Crippen molar-refractivity contribution in [3.8, 4) is 11.8 Å². The van der Waals surface area contributed by atoms with E-state index in [9.17, 15) is 9.90 Å². The monoisotopic (exact) mass is 387 g/mol. The van der Waals surface area contributed by atoms with Crippen molar-refractivity contribution >= 4 is 28.5 Å². The molecule has 26 heavy (non-hydrogen) atoms. The second-order valence-corrected chi connectivity index (χ2v) is 9.53. The third-order valence-corrected chi connectivity index (χ3v) is 6.51. The van der Waals surface area contributed by atoms with Crippen LogP contribution in [0.5, 0.6) is 0 Å². The van der Waals surface area contributed by atoms with Crippen LogP contribution in [0.25, 0.3) is 0 Å². The molecule has 1 aliphatic heterocycles. The number of aliphatic hydroxyl groups is 1. The fourth-order valence-corrected chi connectivity index (χ4v) is 5.04. The average molecular weight is 388 g/mol. The second-order valence-electron chi connectivity index (χ2n) is 7.45. The molecule has 1 fully saturated rings. The number of Topliss-reactive ketones (excluding diaryl/α,β-unsaturated/α-hetero) is 1. The highest BCUT2D eigenvalue weighted by atomic mass is 32.1. The van der Waals surface area contributed by atoms with Gasteiger partial charge in [0.05, 0.1) is 9.75 Å². The van der Waals surface area contributed by atoms with Crippen LogP contribution in [-0.4, -0.2) is 34.5 Å². The molecular formula is C21H25NO2S2. The summed E-state index contributed by atoms with van der Waals surface area (Å²) in [7, 11) is 0. The average Bonchev–Trinajstić information content (AvgIpc) is 3.21. The molecule has 1 aliphatic rings. The molecular weight excluding hydrogens is 362 g/mol. The number of carbonyl (C=O) groups is 1. The van der Waals surface area contributed by atoms with Crippen molar-refractivity contribution in [2.24, 2.45) is 5.92 Å². The van der Waals surface area contributed by atoms with Gasteiger partial charge in [0.15, 0.2) is 5.78 Å². The van der Waals surface area contributed by atoms with E-state index in [2.05, 4.69) is 22.8 Å². The van der Waals surface area contributed by atoms with E-state index in [1.54, 1.807) is 36.5 Å². The SMILES string of the molecule is Cc1ccsc1C(=O)[C@@H]1CCCN(Cc2ccc(C#CC(C)(C)O)s2)C1. The number of rotatable bonds is 4. The zero-order valence-electron chi connectivity index (χ0n) is 15.5. The largest absolute Gasteiger partial charge is 0.378 e. The number of aryl methyl sites for hydroxylation is 1. The van der Waals surface area contributed by atoms with E-state index >= 15 is 0 Å². The van der Waals surface area contributed by atoms with Crippen LogP contribution < -0.4 is 0 Å². The smallest absolute Gasteiger partial charge is 0.177 e. The van der Waals surface area contributed by atoms with Gasteiger partial charge in [-0.15, -0.1) is 22.7 Å². The number of likely N-dealkylation sites (tertiary alicyclic amines) is 1. The third-order valence-electron chi connectivity index (χ3n) is 4.49. The molecule has 2 aromatic heterocycles. The summed E-state index contributed by atoms with van der Waals surface area (Å²) in [5.41, 5.74) is 0.134. The van der Waals surface area contributed by atoms with Crippen molar-refractivity contribution in [3.63, 3.8) is 0 Å². The number of ketones is 1. The van der Waals surface area contributed by atoms with E-state index in [1.807, 2.05) is 24.4 Å². The van der Waals surface area contributed by atoms with Gasteiger partial charge in [-0.2, -0.15) is 0 Å². The van der Waals surface area contributed by atoms with Gasteiger partial charge in [0, 0.05) is 23.9 Å². The van der Waals surface area contributed by atoms with Crippen molar-refractivity contribution in [3.05, 3.63) is 43.8 Å². The molecule has 0 amide bonds. The lowest BCUT2D eigenvalue weighted by molar-refractivity contribution is 0.0816. The molecule has 0 aliphatic carbocycles. The Morgan fingerprint density at radius 2 is 2.19 bits per heavy atom. The topological polar surface area (TPSA) is 40.5 Å². The number of thiophene rings is 2. The predicted molar refractivity (Wildman–Crippen MR) is 109 cm³/mol. The Morgan fingerprint density at radius 1 is 1.38 bits per heavy atom. The number of hydrogen-bond acceptors (Lipinski definition) is 5. The molecule has 1 saturated heterocycles. The molecule has 0 bridgehead atoms. The fourth-order valence-electron chi connectivity index (χ4n) is 3.19. The summed E-state index contributed by atoms with van der Waals surface area (Å²) in [5, 5.41) is 11.7. The molecule has 5 heteroatoms. The Kier molecular flexibility index (Phi) is 5.99. The molecule has 3 nitrogen and oxygen atoms in total. The molecule has 0 unspecified atom stereocenters. The van der Waals surface area contributed by atoms with E-state index in [4.69, 9.17) is 0 Å². The molecule has 0 aromatic carbocycles.